The van der Waals surface area contributed by atoms with Crippen LogP contribution in [0.3, 0.4) is 0 Å². The van der Waals surface area contributed by atoms with E-state index in [9.17, 15) is 4.79 Å². The maximum atomic E-state index is 12.5. The summed E-state index contributed by atoms with van der Waals surface area (Å²) in [6.45, 7) is 4.30. The minimum absolute atomic E-state index is 0.131. The van der Waals surface area contributed by atoms with Crippen molar-refractivity contribution in [2.75, 3.05) is 0 Å². The molecule has 134 valence electrons. The summed E-state index contributed by atoms with van der Waals surface area (Å²) < 4.78 is 1.79. The Labute approximate surface area is 156 Å². The predicted molar refractivity (Wildman–Crippen MR) is 104 cm³/mol. The number of aromatic nitrogens is 4. The molecule has 1 amide bonds. The molecule has 0 aliphatic carbocycles. The number of amides is 1. The molecule has 1 N–H and O–H groups in total. The molecule has 6 nitrogen and oxygen atoms in total. The number of aryl methyl sites for hydroxylation is 2. The molecule has 0 aliphatic rings. The first-order valence-corrected chi connectivity index (χ1v) is 8.72. The first kappa shape index (κ1) is 16.9. The highest BCUT2D eigenvalue weighted by Gasteiger charge is 2.09. The molecule has 0 aliphatic heterocycles. The number of hydrogen-bond donors (Lipinski definition) is 1. The van der Waals surface area contributed by atoms with Gasteiger partial charge in [-0.15, -0.1) is 0 Å². The molecule has 0 saturated carbocycles. The summed E-state index contributed by atoms with van der Waals surface area (Å²) >= 11 is 0. The summed E-state index contributed by atoms with van der Waals surface area (Å²) in [5.41, 5.74) is 5.88. The van der Waals surface area contributed by atoms with Crippen LogP contribution in [0.5, 0.6) is 0 Å². The number of fused-ring (bicyclic) bond motifs is 1. The van der Waals surface area contributed by atoms with Gasteiger partial charge >= 0.3 is 0 Å². The zero-order valence-electron chi connectivity index (χ0n) is 15.2. The smallest absolute Gasteiger partial charge is 0.251 e. The minimum atomic E-state index is -0.131. The molecule has 27 heavy (non-hydrogen) atoms. The molecule has 0 spiro atoms. The zero-order valence-corrected chi connectivity index (χ0v) is 15.2. The van der Waals surface area contributed by atoms with Crippen molar-refractivity contribution in [3.05, 3.63) is 83.4 Å². The lowest BCUT2D eigenvalue weighted by atomic mass is 10.1. The van der Waals surface area contributed by atoms with Crippen molar-refractivity contribution in [2.24, 2.45) is 0 Å². The monoisotopic (exact) mass is 357 g/mol. The Balaban J connectivity index is 1.46. The molecule has 0 bridgehead atoms. The second kappa shape index (κ2) is 6.99. The van der Waals surface area contributed by atoms with Crippen LogP contribution in [-0.4, -0.2) is 25.7 Å². The van der Waals surface area contributed by atoms with Gasteiger partial charge in [0.25, 0.3) is 5.91 Å². The Bertz CT molecular complexity index is 1100. The normalized spacial score (nSPS) is 10.9. The van der Waals surface area contributed by atoms with Crippen molar-refractivity contribution in [2.45, 2.75) is 20.4 Å². The molecular weight excluding hydrogens is 338 g/mol. The summed E-state index contributed by atoms with van der Waals surface area (Å²) in [7, 11) is 0. The predicted octanol–water partition coefficient (Wildman–Crippen LogP) is 3.36. The zero-order chi connectivity index (χ0) is 18.8. The lowest BCUT2D eigenvalue weighted by molar-refractivity contribution is 0.0951. The summed E-state index contributed by atoms with van der Waals surface area (Å²) in [5.74, 6) is -0.131. The molecule has 0 unspecified atom stereocenters. The van der Waals surface area contributed by atoms with Gasteiger partial charge in [0.05, 0.1) is 28.1 Å². The van der Waals surface area contributed by atoms with E-state index in [1.165, 1.54) is 0 Å². The Morgan fingerprint density at radius 3 is 2.44 bits per heavy atom. The van der Waals surface area contributed by atoms with Crippen molar-refractivity contribution in [1.29, 1.82) is 0 Å². The summed E-state index contributed by atoms with van der Waals surface area (Å²) in [6.07, 6.45) is 3.63. The van der Waals surface area contributed by atoms with Crippen molar-refractivity contribution in [1.82, 2.24) is 25.1 Å². The van der Waals surface area contributed by atoms with E-state index >= 15 is 0 Å². The topological polar surface area (TPSA) is 72.7 Å². The summed E-state index contributed by atoms with van der Waals surface area (Å²) in [6, 6.07) is 15.2. The van der Waals surface area contributed by atoms with E-state index in [0.29, 0.717) is 12.1 Å². The minimum Gasteiger partial charge on any atom is -0.348 e. The Morgan fingerprint density at radius 1 is 1.00 bits per heavy atom. The molecule has 2 heterocycles. The highest BCUT2D eigenvalue weighted by molar-refractivity contribution is 5.97. The maximum Gasteiger partial charge on any atom is 0.251 e. The quantitative estimate of drug-likeness (QED) is 0.608. The fraction of sp³-hybridized carbons (Fsp3) is 0.143. The van der Waals surface area contributed by atoms with Crippen LogP contribution in [-0.2, 0) is 6.54 Å². The van der Waals surface area contributed by atoms with Crippen LogP contribution < -0.4 is 5.32 Å². The van der Waals surface area contributed by atoms with Gasteiger partial charge in [0, 0.05) is 24.5 Å². The highest BCUT2D eigenvalue weighted by Crippen LogP contribution is 2.15. The van der Waals surface area contributed by atoms with Crippen molar-refractivity contribution in [3.8, 4) is 5.69 Å². The second-order valence-corrected chi connectivity index (χ2v) is 6.40. The summed E-state index contributed by atoms with van der Waals surface area (Å²) in [5, 5.41) is 7.15. The fourth-order valence-corrected chi connectivity index (χ4v) is 2.84. The maximum absolute atomic E-state index is 12.5. The number of carbonyl (C=O) groups is 1. The van der Waals surface area contributed by atoms with Gasteiger partial charge in [-0.1, -0.05) is 12.1 Å². The molecular formula is C21H19N5O. The Kier molecular flexibility index (Phi) is 4.38. The number of nitrogens with one attached hydrogen (secondary N) is 1. The van der Waals surface area contributed by atoms with E-state index in [2.05, 4.69) is 20.4 Å². The molecule has 0 atom stereocenters. The van der Waals surface area contributed by atoms with Crippen LogP contribution in [0, 0.1) is 13.8 Å². The van der Waals surface area contributed by atoms with Crippen molar-refractivity contribution >= 4 is 16.9 Å². The van der Waals surface area contributed by atoms with Crippen LogP contribution in [0.15, 0.2) is 60.9 Å². The lowest BCUT2D eigenvalue weighted by Crippen LogP contribution is -2.22. The molecule has 0 fully saturated rings. The summed E-state index contributed by atoms with van der Waals surface area (Å²) in [4.78, 5) is 21.5. The van der Waals surface area contributed by atoms with Crippen LogP contribution in [0.25, 0.3) is 16.7 Å². The van der Waals surface area contributed by atoms with E-state index in [-0.39, 0.29) is 5.91 Å². The number of nitrogens with zero attached hydrogens (tertiary/aromatic N) is 4. The molecule has 6 heteroatoms. The average molecular weight is 357 g/mol. The van der Waals surface area contributed by atoms with Crippen LogP contribution in [0.2, 0.25) is 0 Å². The van der Waals surface area contributed by atoms with Crippen LogP contribution >= 0.6 is 0 Å². The SMILES string of the molecule is Cc1nc2ccc(C(=O)NCc3ccc(-n4cccn4)cc3)cc2nc1C. The largest absolute Gasteiger partial charge is 0.348 e. The first-order chi connectivity index (χ1) is 13.1. The van der Waals surface area contributed by atoms with E-state index in [1.807, 2.05) is 56.4 Å². The van der Waals surface area contributed by atoms with E-state index in [0.717, 1.165) is 33.7 Å². The number of hydrogen-bond acceptors (Lipinski definition) is 4. The van der Waals surface area contributed by atoms with E-state index in [4.69, 9.17) is 0 Å². The molecule has 0 saturated heterocycles. The van der Waals surface area contributed by atoms with Crippen molar-refractivity contribution < 1.29 is 4.79 Å². The third-order valence-electron chi connectivity index (χ3n) is 4.50. The van der Waals surface area contributed by atoms with Gasteiger partial charge in [-0.2, -0.15) is 5.10 Å². The third-order valence-corrected chi connectivity index (χ3v) is 4.50. The molecule has 2 aromatic heterocycles. The van der Waals surface area contributed by atoms with Gasteiger partial charge in [0.15, 0.2) is 0 Å². The van der Waals surface area contributed by atoms with Crippen LogP contribution in [0.1, 0.15) is 27.3 Å². The number of rotatable bonds is 4. The molecule has 4 aromatic rings. The van der Waals surface area contributed by atoms with Crippen molar-refractivity contribution in [3.63, 3.8) is 0 Å². The number of benzene rings is 2. The standard InChI is InChI=1S/C21H19N5O/c1-14-15(2)25-20-12-17(6-9-19(20)24-14)21(27)22-13-16-4-7-18(8-5-16)26-11-3-10-23-26/h3-12H,13H2,1-2H3,(H,22,27). The van der Waals surface area contributed by atoms with Gasteiger partial charge in [-0.05, 0) is 55.8 Å². The first-order valence-electron chi connectivity index (χ1n) is 8.72. The van der Waals surface area contributed by atoms with E-state index < -0.39 is 0 Å². The third kappa shape index (κ3) is 3.55. The molecule has 4 rings (SSSR count). The fourth-order valence-electron chi connectivity index (χ4n) is 2.84. The second-order valence-electron chi connectivity index (χ2n) is 6.40. The van der Waals surface area contributed by atoms with Gasteiger partial charge in [0.1, 0.15) is 0 Å². The highest BCUT2D eigenvalue weighted by atomic mass is 16.1. The van der Waals surface area contributed by atoms with Gasteiger partial charge in [0.2, 0.25) is 0 Å². The van der Waals surface area contributed by atoms with Gasteiger partial charge in [-0.25, -0.2) is 14.6 Å². The lowest BCUT2D eigenvalue weighted by Gasteiger charge is -2.08. The van der Waals surface area contributed by atoms with Gasteiger partial charge in [-0.3, -0.25) is 4.79 Å². The Hall–Kier alpha value is -3.54. The number of carbonyl (C=O) groups excluding carboxylic acids is 1. The van der Waals surface area contributed by atoms with Crippen LogP contribution in [0.4, 0.5) is 0 Å². The van der Waals surface area contributed by atoms with Gasteiger partial charge < -0.3 is 5.32 Å². The molecule has 2 aromatic carbocycles. The molecule has 0 radical (unpaired) electrons. The average Bonchev–Trinajstić information content (AvgIpc) is 3.22. The Morgan fingerprint density at radius 2 is 1.74 bits per heavy atom. The van der Waals surface area contributed by atoms with E-state index in [1.54, 1.807) is 23.0 Å².